The van der Waals surface area contributed by atoms with E-state index in [4.69, 9.17) is 5.73 Å². The number of anilines is 1. The molecule has 2 fully saturated rings. The van der Waals surface area contributed by atoms with Gasteiger partial charge in [0.15, 0.2) is 0 Å². The second kappa shape index (κ2) is 8.88. The molecule has 1 amide bonds. The zero-order chi connectivity index (χ0) is 15.6. The van der Waals surface area contributed by atoms with Crippen LogP contribution in [0.1, 0.15) is 32.1 Å². The minimum absolute atomic E-state index is 0. The number of nitrogens with two attached hydrogens (primary N) is 1. The molecule has 3 rings (SSSR count). The van der Waals surface area contributed by atoms with E-state index in [1.807, 2.05) is 15.9 Å². The molecule has 4 nitrogen and oxygen atoms in total. The SMILES string of the molecule is Cl.Cl.NC1(C(=O)N2CCN(c3ccccc3F)CC2)CCCCC1. The molecule has 1 aromatic rings. The average Bonchev–Trinajstić information content (AvgIpc) is 2.55. The number of benzene rings is 1. The zero-order valence-electron chi connectivity index (χ0n) is 13.7. The summed E-state index contributed by atoms with van der Waals surface area (Å²) in [6, 6.07) is 6.80. The van der Waals surface area contributed by atoms with Gasteiger partial charge in [0.25, 0.3) is 0 Å². The molecule has 1 saturated carbocycles. The third-order valence-electron chi connectivity index (χ3n) is 4.93. The van der Waals surface area contributed by atoms with Gasteiger partial charge in [0, 0.05) is 26.2 Å². The molecule has 2 aliphatic rings. The van der Waals surface area contributed by atoms with Crippen LogP contribution in [-0.4, -0.2) is 42.5 Å². The molecule has 0 aromatic heterocycles. The molecular weight excluding hydrogens is 352 g/mol. The van der Waals surface area contributed by atoms with Gasteiger partial charge in [0.05, 0.1) is 11.2 Å². The highest BCUT2D eigenvalue weighted by Gasteiger charge is 2.39. The molecule has 24 heavy (non-hydrogen) atoms. The zero-order valence-corrected chi connectivity index (χ0v) is 15.4. The van der Waals surface area contributed by atoms with Gasteiger partial charge in [-0.05, 0) is 25.0 Å². The Morgan fingerprint density at radius 1 is 1.00 bits per heavy atom. The van der Waals surface area contributed by atoms with Crippen molar-refractivity contribution in [3.63, 3.8) is 0 Å². The summed E-state index contributed by atoms with van der Waals surface area (Å²) in [5.41, 5.74) is 6.29. The summed E-state index contributed by atoms with van der Waals surface area (Å²) in [4.78, 5) is 16.6. The first-order valence-corrected chi connectivity index (χ1v) is 8.18. The number of hydrogen-bond donors (Lipinski definition) is 1. The van der Waals surface area contributed by atoms with E-state index in [-0.39, 0.29) is 36.5 Å². The van der Waals surface area contributed by atoms with Crippen LogP contribution >= 0.6 is 24.8 Å². The Hall–Kier alpha value is -1.04. The van der Waals surface area contributed by atoms with Gasteiger partial charge < -0.3 is 15.5 Å². The first kappa shape index (κ1) is 21.0. The van der Waals surface area contributed by atoms with Crippen molar-refractivity contribution in [3.05, 3.63) is 30.1 Å². The van der Waals surface area contributed by atoms with Crippen molar-refractivity contribution in [2.45, 2.75) is 37.6 Å². The quantitative estimate of drug-likeness (QED) is 0.861. The van der Waals surface area contributed by atoms with Crippen LogP contribution in [0.25, 0.3) is 0 Å². The first-order valence-electron chi connectivity index (χ1n) is 8.18. The highest BCUT2D eigenvalue weighted by atomic mass is 35.5. The van der Waals surface area contributed by atoms with Crippen LogP contribution in [0.4, 0.5) is 10.1 Å². The lowest BCUT2D eigenvalue weighted by molar-refractivity contribution is -0.138. The van der Waals surface area contributed by atoms with E-state index < -0.39 is 5.54 Å². The normalized spacial score (nSPS) is 19.9. The van der Waals surface area contributed by atoms with E-state index in [9.17, 15) is 9.18 Å². The number of piperazine rings is 1. The van der Waals surface area contributed by atoms with Gasteiger partial charge in [-0.3, -0.25) is 4.79 Å². The lowest BCUT2D eigenvalue weighted by Crippen LogP contribution is -2.60. The van der Waals surface area contributed by atoms with Gasteiger partial charge >= 0.3 is 0 Å². The number of carbonyl (C=O) groups excluding carboxylic acids is 1. The molecule has 0 spiro atoms. The van der Waals surface area contributed by atoms with Crippen LogP contribution in [0.3, 0.4) is 0 Å². The fourth-order valence-electron chi connectivity index (χ4n) is 3.57. The number of para-hydroxylation sites is 1. The molecule has 1 aliphatic carbocycles. The van der Waals surface area contributed by atoms with Gasteiger partial charge in [-0.2, -0.15) is 0 Å². The molecule has 0 unspecified atom stereocenters. The Morgan fingerprint density at radius 3 is 2.17 bits per heavy atom. The number of halogens is 3. The van der Waals surface area contributed by atoms with Gasteiger partial charge in [-0.25, -0.2) is 4.39 Å². The second-order valence-corrected chi connectivity index (χ2v) is 6.45. The molecule has 1 aromatic carbocycles. The topological polar surface area (TPSA) is 49.6 Å². The van der Waals surface area contributed by atoms with Crippen LogP contribution < -0.4 is 10.6 Å². The minimum Gasteiger partial charge on any atom is -0.366 e. The van der Waals surface area contributed by atoms with Crippen molar-refractivity contribution in [3.8, 4) is 0 Å². The maximum absolute atomic E-state index is 13.8. The Labute approximate surface area is 155 Å². The Balaban J connectivity index is 0.00000144. The van der Waals surface area contributed by atoms with Crippen LogP contribution in [0.5, 0.6) is 0 Å². The molecule has 1 heterocycles. The molecule has 0 atom stereocenters. The van der Waals surface area contributed by atoms with E-state index in [0.29, 0.717) is 31.9 Å². The third-order valence-corrected chi connectivity index (χ3v) is 4.93. The van der Waals surface area contributed by atoms with Gasteiger partial charge in [0.2, 0.25) is 5.91 Å². The molecule has 136 valence electrons. The van der Waals surface area contributed by atoms with Crippen molar-refractivity contribution in [2.24, 2.45) is 5.73 Å². The Kier molecular flexibility index (Phi) is 7.77. The smallest absolute Gasteiger partial charge is 0.242 e. The van der Waals surface area contributed by atoms with Crippen molar-refractivity contribution in [1.82, 2.24) is 4.90 Å². The fourth-order valence-corrected chi connectivity index (χ4v) is 3.57. The monoisotopic (exact) mass is 377 g/mol. The van der Waals surface area contributed by atoms with Crippen molar-refractivity contribution in [1.29, 1.82) is 0 Å². The average molecular weight is 378 g/mol. The standard InChI is InChI=1S/C17H24FN3O.2ClH/c18-14-6-2-3-7-15(14)20-10-12-21(13-11-20)16(22)17(19)8-4-1-5-9-17;;/h2-3,6-7H,1,4-5,8-13,19H2;2*1H. The number of amides is 1. The first-order chi connectivity index (χ1) is 10.6. The van der Waals surface area contributed by atoms with Gasteiger partial charge in [-0.1, -0.05) is 31.4 Å². The van der Waals surface area contributed by atoms with E-state index >= 15 is 0 Å². The summed E-state index contributed by atoms with van der Waals surface area (Å²) < 4.78 is 13.8. The highest BCUT2D eigenvalue weighted by molar-refractivity contribution is 5.86. The van der Waals surface area contributed by atoms with E-state index in [1.165, 1.54) is 12.5 Å². The summed E-state index contributed by atoms with van der Waals surface area (Å²) in [6.07, 6.45) is 4.83. The molecule has 7 heteroatoms. The lowest BCUT2D eigenvalue weighted by atomic mass is 9.81. The lowest BCUT2D eigenvalue weighted by Gasteiger charge is -2.41. The van der Waals surface area contributed by atoms with E-state index in [0.717, 1.165) is 25.7 Å². The van der Waals surface area contributed by atoms with Crippen LogP contribution in [0.15, 0.2) is 24.3 Å². The maximum atomic E-state index is 13.8. The van der Waals surface area contributed by atoms with E-state index in [2.05, 4.69) is 0 Å². The van der Waals surface area contributed by atoms with Crippen molar-refractivity contribution >= 4 is 36.4 Å². The van der Waals surface area contributed by atoms with Crippen LogP contribution in [-0.2, 0) is 4.79 Å². The van der Waals surface area contributed by atoms with Crippen LogP contribution in [0.2, 0.25) is 0 Å². The molecule has 0 radical (unpaired) electrons. The molecule has 2 N–H and O–H groups in total. The third kappa shape index (κ3) is 4.32. The summed E-state index contributed by atoms with van der Waals surface area (Å²) in [7, 11) is 0. The summed E-state index contributed by atoms with van der Waals surface area (Å²) in [5.74, 6) is -0.120. The van der Waals surface area contributed by atoms with Crippen molar-refractivity contribution < 1.29 is 9.18 Å². The molecule has 1 aliphatic heterocycles. The molecular formula is C17H26Cl2FN3O. The minimum atomic E-state index is -0.668. The highest BCUT2D eigenvalue weighted by Crippen LogP contribution is 2.28. The summed E-state index contributed by atoms with van der Waals surface area (Å²) in [5, 5.41) is 0. The number of carbonyl (C=O) groups is 1. The Bertz CT molecular complexity index is 544. The van der Waals surface area contributed by atoms with E-state index in [1.54, 1.807) is 12.1 Å². The molecule has 0 bridgehead atoms. The number of nitrogens with zero attached hydrogens (tertiary/aromatic N) is 2. The summed E-state index contributed by atoms with van der Waals surface area (Å²) in [6.45, 7) is 2.55. The Morgan fingerprint density at radius 2 is 1.58 bits per heavy atom. The fraction of sp³-hybridized carbons (Fsp3) is 0.588. The second-order valence-electron chi connectivity index (χ2n) is 6.45. The summed E-state index contributed by atoms with van der Waals surface area (Å²) >= 11 is 0. The largest absolute Gasteiger partial charge is 0.366 e. The molecule has 1 saturated heterocycles. The van der Waals surface area contributed by atoms with Gasteiger partial charge in [-0.15, -0.1) is 24.8 Å². The number of rotatable bonds is 2. The van der Waals surface area contributed by atoms with Crippen molar-refractivity contribution in [2.75, 3.05) is 31.1 Å². The van der Waals surface area contributed by atoms with Crippen LogP contribution in [0, 0.1) is 5.82 Å². The number of hydrogen-bond acceptors (Lipinski definition) is 3. The maximum Gasteiger partial charge on any atom is 0.242 e. The van der Waals surface area contributed by atoms with Gasteiger partial charge in [0.1, 0.15) is 5.82 Å². The predicted octanol–water partition coefficient (Wildman–Crippen LogP) is 2.98. The predicted molar refractivity (Wildman–Crippen MR) is 99.7 cm³/mol.